The number of Topliss-reactive ketones (excluding diaryl/α,β-unsaturated/α-hetero) is 1. The number of ketones is 1. The topological polar surface area (TPSA) is 93.7 Å². The number of carboxylic acids is 1. The zero-order chi connectivity index (χ0) is 12.2. The Hall–Kier alpha value is -0.900. The number of rotatable bonds is 11. The molecule has 0 aromatic heterocycles. The molecule has 0 aliphatic heterocycles. The van der Waals surface area contributed by atoms with E-state index in [0.717, 1.165) is 12.8 Å². The number of carboxylic acid groups (broad SMARTS) is 1. The van der Waals surface area contributed by atoms with Gasteiger partial charge in [-0.3, -0.25) is 4.79 Å². The average Bonchev–Trinajstić information content (AvgIpc) is 2.26. The standard InChI is InChI=1S/C13H24O3.H3N/c1-2-3-4-5-6-7-8-9-10-11-12(14)13(15)16;/h2-11H2,1H3,(H,15,16);1H3. The predicted molar refractivity (Wildman–Crippen MR) is 67.8 cm³/mol. The second-order valence-corrected chi connectivity index (χ2v) is 4.29. The van der Waals surface area contributed by atoms with Gasteiger partial charge < -0.3 is 16.1 Å². The van der Waals surface area contributed by atoms with Crippen molar-refractivity contribution in [1.29, 1.82) is 0 Å². The molecular weight excluding hydrogens is 218 g/mol. The van der Waals surface area contributed by atoms with Crippen molar-refractivity contribution in [3.63, 3.8) is 0 Å². The highest BCUT2D eigenvalue weighted by Gasteiger charge is 2.01. The second-order valence-electron chi connectivity index (χ2n) is 4.29. The van der Waals surface area contributed by atoms with E-state index in [-0.39, 0.29) is 12.6 Å². The van der Waals surface area contributed by atoms with Crippen LogP contribution in [-0.4, -0.2) is 11.8 Å². The highest BCUT2D eigenvalue weighted by Crippen LogP contribution is 2.10. The zero-order valence-electron chi connectivity index (χ0n) is 11.3. The van der Waals surface area contributed by atoms with Crippen LogP contribution in [0.2, 0.25) is 0 Å². The van der Waals surface area contributed by atoms with E-state index < -0.39 is 11.8 Å². The van der Waals surface area contributed by atoms with Gasteiger partial charge in [0.1, 0.15) is 5.97 Å². The first-order valence-electron chi connectivity index (χ1n) is 6.42. The number of hydrogen-bond donors (Lipinski definition) is 1. The van der Waals surface area contributed by atoms with Gasteiger partial charge in [-0.05, 0) is 6.42 Å². The first-order valence-corrected chi connectivity index (χ1v) is 6.42. The molecule has 0 amide bonds. The molecule has 0 aliphatic rings. The van der Waals surface area contributed by atoms with Crippen LogP contribution in [0.3, 0.4) is 0 Å². The molecule has 17 heavy (non-hydrogen) atoms. The van der Waals surface area contributed by atoms with Crippen molar-refractivity contribution >= 4 is 11.8 Å². The Kier molecular flexibility index (Phi) is 14.3. The molecule has 0 bridgehead atoms. The molecule has 0 radical (unpaired) electrons. The lowest BCUT2D eigenvalue weighted by Gasteiger charge is -2.02. The van der Waals surface area contributed by atoms with Crippen LogP contribution in [-0.2, 0) is 9.59 Å². The third-order valence-electron chi connectivity index (χ3n) is 2.74. The molecule has 0 rings (SSSR count). The van der Waals surface area contributed by atoms with Crippen molar-refractivity contribution in [1.82, 2.24) is 6.15 Å². The number of unbranched alkanes of at least 4 members (excludes halogenated alkanes) is 8. The van der Waals surface area contributed by atoms with Crippen LogP contribution in [0.15, 0.2) is 0 Å². The first-order chi connectivity index (χ1) is 7.68. The zero-order valence-corrected chi connectivity index (χ0v) is 11.3. The molecule has 0 unspecified atom stereocenters. The fourth-order valence-electron chi connectivity index (χ4n) is 1.70. The van der Waals surface area contributed by atoms with Crippen molar-refractivity contribution in [3.8, 4) is 0 Å². The van der Waals surface area contributed by atoms with Gasteiger partial charge in [0.05, 0.1) is 0 Å². The summed E-state index contributed by atoms with van der Waals surface area (Å²) < 4.78 is 0. The third-order valence-corrected chi connectivity index (χ3v) is 2.74. The molecule has 0 saturated heterocycles. The van der Waals surface area contributed by atoms with E-state index in [1.54, 1.807) is 0 Å². The summed E-state index contributed by atoms with van der Waals surface area (Å²) in [6.45, 7) is 2.20. The van der Waals surface area contributed by atoms with E-state index >= 15 is 0 Å². The van der Waals surface area contributed by atoms with Crippen LogP contribution in [0.25, 0.3) is 0 Å². The highest BCUT2D eigenvalue weighted by molar-refractivity contribution is 6.31. The molecule has 0 saturated carbocycles. The number of carbonyl (C=O) groups is 2. The minimum Gasteiger partial charge on any atom is -0.542 e. The van der Waals surface area contributed by atoms with Gasteiger partial charge >= 0.3 is 0 Å². The summed E-state index contributed by atoms with van der Waals surface area (Å²) in [5, 5.41) is 10.1. The quantitative estimate of drug-likeness (QED) is 0.448. The van der Waals surface area contributed by atoms with Crippen molar-refractivity contribution in [2.24, 2.45) is 0 Å². The van der Waals surface area contributed by atoms with Gasteiger partial charge in [-0.2, -0.15) is 0 Å². The Morgan fingerprint density at radius 2 is 1.24 bits per heavy atom. The molecule has 0 spiro atoms. The van der Waals surface area contributed by atoms with Gasteiger partial charge in [0.25, 0.3) is 0 Å². The molecule has 0 atom stereocenters. The largest absolute Gasteiger partial charge is 0.542 e. The molecular formula is C13H27NO3. The Morgan fingerprint density at radius 3 is 1.65 bits per heavy atom. The van der Waals surface area contributed by atoms with Crippen LogP contribution >= 0.6 is 0 Å². The lowest BCUT2D eigenvalue weighted by Crippen LogP contribution is -2.31. The van der Waals surface area contributed by atoms with Crippen LogP contribution < -0.4 is 11.3 Å². The SMILES string of the molecule is CCCCCCCCCCCC(=O)C(=O)[O-].[NH4+]. The van der Waals surface area contributed by atoms with E-state index in [2.05, 4.69) is 6.92 Å². The van der Waals surface area contributed by atoms with E-state index in [4.69, 9.17) is 0 Å². The summed E-state index contributed by atoms with van der Waals surface area (Å²) in [6.07, 6.45) is 10.5. The van der Waals surface area contributed by atoms with Gasteiger partial charge in [-0.1, -0.05) is 58.3 Å². The van der Waals surface area contributed by atoms with Crippen LogP contribution in [0.1, 0.15) is 71.1 Å². The summed E-state index contributed by atoms with van der Waals surface area (Å²) in [7, 11) is 0. The fourth-order valence-corrected chi connectivity index (χ4v) is 1.70. The summed E-state index contributed by atoms with van der Waals surface area (Å²) in [5.74, 6) is -2.30. The molecule has 0 heterocycles. The predicted octanol–water partition coefficient (Wildman–Crippen LogP) is 2.60. The lowest BCUT2D eigenvalue weighted by atomic mass is 10.1. The first kappa shape index (κ1) is 18.5. The van der Waals surface area contributed by atoms with Crippen molar-refractivity contribution < 1.29 is 14.7 Å². The molecule has 0 aromatic carbocycles. The van der Waals surface area contributed by atoms with E-state index in [0.29, 0.717) is 6.42 Å². The number of hydrogen-bond acceptors (Lipinski definition) is 3. The van der Waals surface area contributed by atoms with Crippen molar-refractivity contribution in [2.45, 2.75) is 71.1 Å². The summed E-state index contributed by atoms with van der Waals surface area (Å²) >= 11 is 0. The summed E-state index contributed by atoms with van der Waals surface area (Å²) in [4.78, 5) is 20.8. The van der Waals surface area contributed by atoms with Gasteiger partial charge in [0.15, 0.2) is 5.78 Å². The Bertz CT molecular complexity index is 205. The monoisotopic (exact) mass is 245 g/mol. The van der Waals surface area contributed by atoms with Gasteiger partial charge in [-0.15, -0.1) is 0 Å². The third kappa shape index (κ3) is 13.0. The maximum Gasteiger partial charge on any atom is 0.178 e. The normalized spacial score (nSPS) is 9.71. The second kappa shape index (κ2) is 13.2. The molecule has 4 N–H and O–H groups in total. The number of aliphatic carboxylic acids is 1. The fraction of sp³-hybridized carbons (Fsp3) is 0.846. The van der Waals surface area contributed by atoms with Gasteiger partial charge in [-0.25, -0.2) is 0 Å². The molecule has 4 nitrogen and oxygen atoms in total. The molecule has 0 fully saturated rings. The minimum absolute atomic E-state index is 0. The number of carbonyl (C=O) groups excluding carboxylic acids is 2. The lowest BCUT2D eigenvalue weighted by molar-refractivity contribution is -0.300. The highest BCUT2D eigenvalue weighted by atomic mass is 16.4. The molecule has 4 heteroatoms. The van der Waals surface area contributed by atoms with E-state index in [1.807, 2.05) is 0 Å². The summed E-state index contributed by atoms with van der Waals surface area (Å²) in [6, 6.07) is 0. The van der Waals surface area contributed by atoms with Gasteiger partial charge in [0.2, 0.25) is 0 Å². The Morgan fingerprint density at radius 1 is 0.824 bits per heavy atom. The van der Waals surface area contributed by atoms with Crippen molar-refractivity contribution in [3.05, 3.63) is 0 Å². The molecule has 0 aliphatic carbocycles. The Balaban J connectivity index is 0. The average molecular weight is 245 g/mol. The molecule has 102 valence electrons. The van der Waals surface area contributed by atoms with Crippen molar-refractivity contribution in [2.75, 3.05) is 0 Å². The Labute approximate surface area is 104 Å². The van der Waals surface area contributed by atoms with E-state index in [1.165, 1.54) is 38.5 Å². The van der Waals surface area contributed by atoms with Crippen LogP contribution in [0, 0.1) is 0 Å². The maximum absolute atomic E-state index is 10.7. The van der Waals surface area contributed by atoms with Gasteiger partial charge in [0, 0.05) is 6.42 Å². The maximum atomic E-state index is 10.7. The smallest absolute Gasteiger partial charge is 0.178 e. The number of quaternary nitrogens is 1. The van der Waals surface area contributed by atoms with Crippen LogP contribution in [0.4, 0.5) is 0 Å². The summed E-state index contributed by atoms with van der Waals surface area (Å²) in [5.41, 5.74) is 0. The molecule has 0 aromatic rings. The van der Waals surface area contributed by atoms with Crippen LogP contribution in [0.5, 0.6) is 0 Å². The van der Waals surface area contributed by atoms with E-state index in [9.17, 15) is 14.7 Å². The minimum atomic E-state index is -1.54.